The van der Waals surface area contributed by atoms with Crippen molar-refractivity contribution < 1.29 is 4.74 Å². The predicted octanol–water partition coefficient (Wildman–Crippen LogP) is 1.52. The minimum absolute atomic E-state index is 0.0946. The number of nitrogen functional groups attached to an aromatic ring is 1. The first-order valence-corrected chi connectivity index (χ1v) is 6.63. The lowest BCUT2D eigenvalue weighted by atomic mass is 9.95. The van der Waals surface area contributed by atoms with E-state index in [0.29, 0.717) is 0 Å². The fourth-order valence-electron chi connectivity index (χ4n) is 2.84. The van der Waals surface area contributed by atoms with Gasteiger partial charge >= 0.3 is 0 Å². The van der Waals surface area contributed by atoms with E-state index < -0.39 is 0 Å². The molecule has 0 saturated heterocycles. The zero-order valence-corrected chi connectivity index (χ0v) is 11.7. The standard InChI is InChI=1S/C15H18N4O/c1-19-7-6-11-10(8-19)13(15(16)17)9-4-3-5-12(20-2)14(9)18-11/h3-5H,6-8H2,1-2H3,(H3,16,17). The summed E-state index contributed by atoms with van der Waals surface area (Å²) < 4.78 is 5.39. The maximum absolute atomic E-state index is 7.94. The van der Waals surface area contributed by atoms with Gasteiger partial charge in [-0.25, -0.2) is 4.98 Å². The number of nitrogens with two attached hydrogens (primary N) is 1. The van der Waals surface area contributed by atoms with Crippen LogP contribution < -0.4 is 10.5 Å². The number of likely N-dealkylation sites (N-methyl/N-ethyl adjacent to an activating group) is 1. The highest BCUT2D eigenvalue weighted by Crippen LogP contribution is 2.31. The molecule has 0 amide bonds. The first kappa shape index (κ1) is 12.9. The van der Waals surface area contributed by atoms with Gasteiger partial charge in [0.05, 0.1) is 7.11 Å². The summed E-state index contributed by atoms with van der Waals surface area (Å²) in [5.74, 6) is 0.823. The highest BCUT2D eigenvalue weighted by molar-refractivity contribution is 6.09. The van der Waals surface area contributed by atoms with Gasteiger partial charge in [-0.3, -0.25) is 5.41 Å². The van der Waals surface area contributed by atoms with Gasteiger partial charge in [0.2, 0.25) is 0 Å². The zero-order chi connectivity index (χ0) is 14.3. The van der Waals surface area contributed by atoms with Crippen molar-refractivity contribution >= 4 is 16.7 Å². The molecule has 0 atom stereocenters. The number of hydrogen-bond acceptors (Lipinski definition) is 4. The molecule has 5 nitrogen and oxygen atoms in total. The van der Waals surface area contributed by atoms with Crippen LogP contribution in [-0.2, 0) is 13.0 Å². The van der Waals surface area contributed by atoms with Crippen LogP contribution in [0.5, 0.6) is 5.75 Å². The van der Waals surface area contributed by atoms with E-state index in [-0.39, 0.29) is 5.84 Å². The van der Waals surface area contributed by atoms with Crippen molar-refractivity contribution in [2.75, 3.05) is 20.7 Å². The molecule has 3 N–H and O–H groups in total. The van der Waals surface area contributed by atoms with Gasteiger partial charge in [-0.05, 0) is 18.7 Å². The van der Waals surface area contributed by atoms with E-state index in [2.05, 4.69) is 11.9 Å². The number of pyridine rings is 1. The maximum Gasteiger partial charge on any atom is 0.145 e. The van der Waals surface area contributed by atoms with E-state index in [1.807, 2.05) is 18.2 Å². The third-order valence-corrected chi connectivity index (χ3v) is 3.81. The van der Waals surface area contributed by atoms with E-state index in [1.165, 1.54) is 0 Å². The Morgan fingerprint density at radius 1 is 1.45 bits per heavy atom. The summed E-state index contributed by atoms with van der Waals surface area (Å²) in [6, 6.07) is 5.76. The highest BCUT2D eigenvalue weighted by Gasteiger charge is 2.23. The molecule has 1 aromatic heterocycles. The third kappa shape index (κ3) is 1.91. The van der Waals surface area contributed by atoms with Crippen molar-refractivity contribution in [1.82, 2.24) is 9.88 Å². The maximum atomic E-state index is 7.94. The Kier molecular flexibility index (Phi) is 3.06. The van der Waals surface area contributed by atoms with Crippen LogP contribution in [0, 0.1) is 5.41 Å². The van der Waals surface area contributed by atoms with Crippen LogP contribution >= 0.6 is 0 Å². The predicted molar refractivity (Wildman–Crippen MR) is 79.3 cm³/mol. The fourth-order valence-corrected chi connectivity index (χ4v) is 2.84. The quantitative estimate of drug-likeness (QED) is 0.641. The summed E-state index contributed by atoms with van der Waals surface area (Å²) in [5, 5.41) is 8.84. The van der Waals surface area contributed by atoms with Gasteiger partial charge in [0.25, 0.3) is 0 Å². The number of nitrogens with one attached hydrogen (secondary N) is 1. The molecule has 1 aliphatic rings. The van der Waals surface area contributed by atoms with Crippen LogP contribution in [0.3, 0.4) is 0 Å². The summed E-state index contributed by atoms with van der Waals surface area (Å²) in [6.45, 7) is 1.75. The molecule has 20 heavy (non-hydrogen) atoms. The van der Waals surface area contributed by atoms with Gasteiger partial charge in [-0.1, -0.05) is 12.1 Å². The molecule has 5 heteroatoms. The largest absolute Gasteiger partial charge is 0.494 e. The molecule has 3 rings (SSSR count). The molecule has 0 spiro atoms. The Bertz CT molecular complexity index is 696. The Morgan fingerprint density at radius 2 is 2.25 bits per heavy atom. The average Bonchev–Trinajstić information content (AvgIpc) is 2.43. The first-order valence-electron chi connectivity index (χ1n) is 6.63. The number of ether oxygens (including phenoxy) is 1. The number of methoxy groups -OCH3 is 1. The number of aromatic nitrogens is 1. The van der Waals surface area contributed by atoms with Gasteiger partial charge < -0.3 is 15.4 Å². The van der Waals surface area contributed by atoms with Gasteiger partial charge in [0.1, 0.15) is 17.1 Å². The van der Waals surface area contributed by atoms with Gasteiger partial charge in [0.15, 0.2) is 0 Å². The van der Waals surface area contributed by atoms with Crippen LogP contribution in [0.15, 0.2) is 18.2 Å². The van der Waals surface area contributed by atoms with E-state index in [1.54, 1.807) is 7.11 Å². The van der Waals surface area contributed by atoms with Crippen molar-refractivity contribution in [1.29, 1.82) is 5.41 Å². The zero-order valence-electron chi connectivity index (χ0n) is 11.7. The number of rotatable bonds is 2. The summed E-state index contributed by atoms with van der Waals surface area (Å²) in [5.41, 5.74) is 9.54. The molecule has 2 heterocycles. The summed E-state index contributed by atoms with van der Waals surface area (Å²) in [6.07, 6.45) is 0.875. The topological polar surface area (TPSA) is 75.2 Å². The Morgan fingerprint density at radius 3 is 2.95 bits per heavy atom. The molecule has 2 aromatic rings. The van der Waals surface area contributed by atoms with Gasteiger partial charge in [-0.15, -0.1) is 0 Å². The number of benzene rings is 1. The number of fused-ring (bicyclic) bond motifs is 2. The van der Waals surface area contributed by atoms with Gasteiger partial charge in [0, 0.05) is 36.2 Å². The SMILES string of the molecule is COc1cccc2c(C(=N)N)c3c(nc12)CCN(C)C3. The van der Waals surface area contributed by atoms with Gasteiger partial charge in [-0.2, -0.15) is 0 Å². The van der Waals surface area contributed by atoms with Crippen LogP contribution in [0.25, 0.3) is 10.9 Å². The van der Waals surface area contributed by atoms with Crippen molar-refractivity contribution in [3.63, 3.8) is 0 Å². The van der Waals surface area contributed by atoms with Crippen LogP contribution in [-0.4, -0.2) is 36.4 Å². The Hall–Kier alpha value is -2.14. The number of amidine groups is 1. The lowest BCUT2D eigenvalue weighted by molar-refractivity contribution is 0.310. The minimum Gasteiger partial charge on any atom is -0.494 e. The van der Waals surface area contributed by atoms with Crippen molar-refractivity contribution in [3.05, 3.63) is 35.0 Å². The molecule has 104 valence electrons. The molecule has 0 bridgehead atoms. The smallest absolute Gasteiger partial charge is 0.145 e. The van der Waals surface area contributed by atoms with E-state index in [4.69, 9.17) is 20.9 Å². The molecule has 1 aromatic carbocycles. The average molecular weight is 270 g/mol. The number of para-hydroxylation sites is 1. The Labute approximate surface area is 117 Å². The van der Waals surface area contributed by atoms with E-state index >= 15 is 0 Å². The van der Waals surface area contributed by atoms with Crippen LogP contribution in [0.4, 0.5) is 0 Å². The molecule has 0 saturated carbocycles. The van der Waals surface area contributed by atoms with Crippen LogP contribution in [0.2, 0.25) is 0 Å². The third-order valence-electron chi connectivity index (χ3n) is 3.81. The fraction of sp³-hybridized carbons (Fsp3) is 0.333. The minimum atomic E-state index is 0.0946. The highest BCUT2D eigenvalue weighted by atomic mass is 16.5. The van der Waals surface area contributed by atoms with Crippen molar-refractivity contribution in [2.45, 2.75) is 13.0 Å². The Balaban J connectivity index is 2.38. The van der Waals surface area contributed by atoms with E-state index in [0.717, 1.165) is 53.0 Å². The summed E-state index contributed by atoms with van der Waals surface area (Å²) in [4.78, 5) is 6.98. The molecule has 0 unspecified atom stereocenters. The second kappa shape index (κ2) is 4.76. The molecule has 0 aliphatic carbocycles. The van der Waals surface area contributed by atoms with Crippen molar-refractivity contribution in [3.8, 4) is 5.75 Å². The lowest BCUT2D eigenvalue weighted by Gasteiger charge is -2.27. The normalized spacial score (nSPS) is 15.1. The number of hydrogen-bond donors (Lipinski definition) is 2. The van der Waals surface area contributed by atoms with Crippen molar-refractivity contribution in [2.24, 2.45) is 5.73 Å². The molecular formula is C15H18N4O. The molecule has 1 aliphatic heterocycles. The molecular weight excluding hydrogens is 252 g/mol. The summed E-state index contributed by atoms with van der Waals surface area (Å²) >= 11 is 0. The summed E-state index contributed by atoms with van der Waals surface area (Å²) in [7, 11) is 3.71. The monoisotopic (exact) mass is 270 g/mol. The lowest BCUT2D eigenvalue weighted by Crippen LogP contribution is -2.30. The first-order chi connectivity index (χ1) is 9.61. The molecule has 0 radical (unpaired) electrons. The second-order valence-electron chi connectivity index (χ2n) is 5.17. The number of nitrogens with zero attached hydrogens (tertiary/aromatic N) is 2. The second-order valence-corrected chi connectivity index (χ2v) is 5.17. The molecule has 0 fully saturated rings. The van der Waals surface area contributed by atoms with Crippen LogP contribution in [0.1, 0.15) is 16.8 Å². The van der Waals surface area contributed by atoms with E-state index in [9.17, 15) is 0 Å².